The maximum Gasteiger partial charge on any atom is 0.310 e. The van der Waals surface area contributed by atoms with E-state index < -0.39 is 11.9 Å². The zero-order chi connectivity index (χ0) is 23.4. The molecule has 1 aromatic heterocycles. The number of carbonyl (C=O) groups is 1. The van der Waals surface area contributed by atoms with Crippen molar-refractivity contribution in [1.82, 2.24) is 10.3 Å². The monoisotopic (exact) mass is 443 g/mol. The third-order valence-corrected chi connectivity index (χ3v) is 6.75. The molecule has 0 spiro atoms. The van der Waals surface area contributed by atoms with E-state index in [9.17, 15) is 9.90 Å². The number of fused-ring (bicyclic) bond motifs is 1. The third-order valence-electron chi connectivity index (χ3n) is 6.75. The molecule has 33 heavy (non-hydrogen) atoms. The number of aryl methyl sites for hydroxylation is 2. The van der Waals surface area contributed by atoms with Crippen LogP contribution in [0, 0.1) is 19.8 Å². The number of pyridine rings is 1. The van der Waals surface area contributed by atoms with E-state index in [1.165, 1.54) is 22.3 Å². The van der Waals surface area contributed by atoms with Crippen LogP contribution in [0.2, 0.25) is 0 Å². The van der Waals surface area contributed by atoms with Crippen molar-refractivity contribution in [3.63, 3.8) is 0 Å². The van der Waals surface area contributed by atoms with Gasteiger partial charge in [0.25, 0.3) is 0 Å². The Bertz CT molecular complexity index is 1110. The van der Waals surface area contributed by atoms with E-state index >= 15 is 0 Å². The summed E-state index contributed by atoms with van der Waals surface area (Å²) in [4.78, 5) is 16.1. The Kier molecular flexibility index (Phi) is 7.09. The lowest BCUT2D eigenvalue weighted by Crippen LogP contribution is -2.37. The number of benzene rings is 2. The maximum atomic E-state index is 11.4. The molecule has 1 aliphatic rings. The summed E-state index contributed by atoms with van der Waals surface area (Å²) < 4.78 is 0. The first kappa shape index (κ1) is 23.0. The first-order chi connectivity index (χ1) is 15.9. The number of hydrogen-bond acceptors (Lipinski definition) is 4. The SMILES string of the molecule is Cc1cnc2c(c1)NC[C@@H]([C@H](NCCc1cc([C@H](C)C(=O)O)ccc1C)c1ccccc1)C2. The van der Waals surface area contributed by atoms with Crippen LogP contribution in [-0.2, 0) is 17.6 Å². The molecule has 172 valence electrons. The number of aliphatic carboxylic acids is 1. The Balaban J connectivity index is 1.49. The summed E-state index contributed by atoms with van der Waals surface area (Å²) in [6.45, 7) is 7.62. The number of nitrogens with one attached hydrogen (secondary N) is 2. The van der Waals surface area contributed by atoms with Crippen LogP contribution in [0.3, 0.4) is 0 Å². The van der Waals surface area contributed by atoms with Gasteiger partial charge in [-0.1, -0.05) is 48.5 Å². The molecule has 0 saturated carbocycles. The zero-order valence-electron chi connectivity index (χ0n) is 19.6. The average Bonchev–Trinajstić information content (AvgIpc) is 2.82. The normalized spacial score (nSPS) is 17.0. The van der Waals surface area contributed by atoms with Crippen molar-refractivity contribution in [3.8, 4) is 0 Å². The van der Waals surface area contributed by atoms with E-state index in [4.69, 9.17) is 0 Å². The predicted octanol–water partition coefficient (Wildman–Crippen LogP) is 5.04. The van der Waals surface area contributed by atoms with Crippen LogP contribution in [0.5, 0.6) is 0 Å². The summed E-state index contributed by atoms with van der Waals surface area (Å²) in [5.41, 5.74) is 7.99. The molecule has 3 atom stereocenters. The molecule has 2 heterocycles. The lowest BCUT2D eigenvalue weighted by molar-refractivity contribution is -0.138. The van der Waals surface area contributed by atoms with Crippen LogP contribution >= 0.6 is 0 Å². The summed E-state index contributed by atoms with van der Waals surface area (Å²) in [5, 5.41) is 16.8. The first-order valence-corrected chi connectivity index (χ1v) is 11.7. The number of rotatable bonds is 8. The van der Waals surface area contributed by atoms with Crippen molar-refractivity contribution >= 4 is 11.7 Å². The van der Waals surface area contributed by atoms with Gasteiger partial charge in [-0.15, -0.1) is 0 Å². The van der Waals surface area contributed by atoms with Crippen LogP contribution in [0.25, 0.3) is 0 Å². The second kappa shape index (κ2) is 10.2. The Hall–Kier alpha value is -3.18. The van der Waals surface area contributed by atoms with Gasteiger partial charge < -0.3 is 15.7 Å². The largest absolute Gasteiger partial charge is 0.481 e. The second-order valence-electron chi connectivity index (χ2n) is 9.19. The first-order valence-electron chi connectivity index (χ1n) is 11.7. The van der Waals surface area contributed by atoms with Gasteiger partial charge in [-0.25, -0.2) is 0 Å². The molecule has 3 N–H and O–H groups in total. The summed E-state index contributed by atoms with van der Waals surface area (Å²) in [6, 6.07) is 19.0. The minimum atomic E-state index is -0.791. The van der Waals surface area contributed by atoms with E-state index in [-0.39, 0.29) is 6.04 Å². The number of nitrogens with zero attached hydrogens (tertiary/aromatic N) is 1. The van der Waals surface area contributed by atoms with E-state index in [1.54, 1.807) is 6.92 Å². The number of carboxylic acid groups (broad SMARTS) is 1. The van der Waals surface area contributed by atoms with Crippen LogP contribution < -0.4 is 10.6 Å². The predicted molar refractivity (Wildman–Crippen MR) is 133 cm³/mol. The summed E-state index contributed by atoms with van der Waals surface area (Å²) in [6.07, 6.45) is 3.73. The molecule has 5 nitrogen and oxygen atoms in total. The quantitative estimate of drug-likeness (QED) is 0.455. The van der Waals surface area contributed by atoms with Crippen molar-refractivity contribution in [2.75, 3.05) is 18.4 Å². The smallest absolute Gasteiger partial charge is 0.310 e. The van der Waals surface area contributed by atoms with Gasteiger partial charge in [0.2, 0.25) is 0 Å². The topological polar surface area (TPSA) is 74.2 Å². The lowest BCUT2D eigenvalue weighted by atomic mass is 9.86. The molecular formula is C28H33N3O2. The van der Waals surface area contributed by atoms with Gasteiger partial charge in [-0.2, -0.15) is 0 Å². The van der Waals surface area contributed by atoms with Gasteiger partial charge in [-0.3, -0.25) is 9.78 Å². The molecular weight excluding hydrogens is 410 g/mol. The molecule has 4 rings (SSSR count). The van der Waals surface area contributed by atoms with E-state index in [1.807, 2.05) is 18.3 Å². The van der Waals surface area contributed by atoms with Gasteiger partial charge >= 0.3 is 5.97 Å². The average molecular weight is 444 g/mol. The summed E-state index contributed by atoms with van der Waals surface area (Å²) in [5.74, 6) is -0.908. The fraction of sp³-hybridized carbons (Fsp3) is 0.357. The molecule has 0 radical (unpaired) electrons. The van der Waals surface area contributed by atoms with Crippen LogP contribution in [0.1, 0.15) is 52.4 Å². The minimum absolute atomic E-state index is 0.205. The Morgan fingerprint density at radius 1 is 1.15 bits per heavy atom. The lowest BCUT2D eigenvalue weighted by Gasteiger charge is -2.33. The molecule has 5 heteroatoms. The number of hydrogen-bond donors (Lipinski definition) is 3. The van der Waals surface area contributed by atoms with E-state index in [0.717, 1.165) is 42.9 Å². The fourth-order valence-electron chi connectivity index (χ4n) is 4.66. The molecule has 0 fully saturated rings. The molecule has 0 bridgehead atoms. The molecule has 0 saturated heterocycles. The van der Waals surface area contributed by atoms with Gasteiger partial charge in [0, 0.05) is 24.7 Å². The highest BCUT2D eigenvalue weighted by Crippen LogP contribution is 2.32. The van der Waals surface area contributed by atoms with Gasteiger partial charge in [0.1, 0.15) is 0 Å². The highest BCUT2D eigenvalue weighted by molar-refractivity contribution is 5.75. The Morgan fingerprint density at radius 3 is 2.70 bits per heavy atom. The number of aromatic nitrogens is 1. The van der Waals surface area contributed by atoms with Crippen molar-refractivity contribution in [2.24, 2.45) is 5.92 Å². The molecule has 1 aliphatic heterocycles. The molecule has 2 aromatic carbocycles. The molecule has 0 unspecified atom stereocenters. The van der Waals surface area contributed by atoms with Crippen molar-refractivity contribution in [1.29, 1.82) is 0 Å². The minimum Gasteiger partial charge on any atom is -0.481 e. The molecule has 3 aromatic rings. The van der Waals surface area contributed by atoms with E-state index in [2.05, 4.69) is 71.9 Å². The number of carboxylic acids is 1. The van der Waals surface area contributed by atoms with Crippen LogP contribution in [-0.4, -0.2) is 29.1 Å². The van der Waals surface area contributed by atoms with Gasteiger partial charge in [0.15, 0.2) is 0 Å². The fourth-order valence-corrected chi connectivity index (χ4v) is 4.66. The Morgan fingerprint density at radius 2 is 1.94 bits per heavy atom. The Labute approximate surface area is 196 Å². The second-order valence-corrected chi connectivity index (χ2v) is 9.19. The summed E-state index contributed by atoms with van der Waals surface area (Å²) in [7, 11) is 0. The van der Waals surface area contributed by atoms with Crippen molar-refractivity contribution < 1.29 is 9.90 Å². The molecule has 0 aliphatic carbocycles. The van der Waals surface area contributed by atoms with E-state index in [0.29, 0.717) is 5.92 Å². The summed E-state index contributed by atoms with van der Waals surface area (Å²) >= 11 is 0. The number of anilines is 1. The molecule has 0 amide bonds. The highest BCUT2D eigenvalue weighted by Gasteiger charge is 2.28. The van der Waals surface area contributed by atoms with Crippen LogP contribution in [0.15, 0.2) is 60.8 Å². The zero-order valence-corrected chi connectivity index (χ0v) is 19.6. The third kappa shape index (κ3) is 5.42. The van der Waals surface area contributed by atoms with Crippen molar-refractivity contribution in [3.05, 3.63) is 94.3 Å². The standard InChI is InChI=1S/C28H33N3O2/c1-18-13-25-26(30-16-18)15-24(17-31-25)27(21-7-5-4-6-8-21)29-12-11-22-14-23(10-9-19(22)2)20(3)28(32)33/h4-10,13-14,16,20,24,27,29,31H,11-12,15,17H2,1-3H3,(H,32,33)/t20-,24-,27+/m0/s1. The van der Waals surface area contributed by atoms with Gasteiger partial charge in [-0.05, 0) is 74.0 Å². The van der Waals surface area contributed by atoms with Gasteiger partial charge in [0.05, 0.1) is 17.3 Å². The van der Waals surface area contributed by atoms with Crippen molar-refractivity contribution in [2.45, 2.75) is 45.6 Å². The highest BCUT2D eigenvalue weighted by atomic mass is 16.4. The van der Waals surface area contributed by atoms with Crippen LogP contribution in [0.4, 0.5) is 5.69 Å². The maximum absolute atomic E-state index is 11.4.